The van der Waals surface area contributed by atoms with E-state index < -0.39 is 16.8 Å². The van der Waals surface area contributed by atoms with E-state index in [-0.39, 0.29) is 18.6 Å². The first kappa shape index (κ1) is 33.0. The van der Waals surface area contributed by atoms with Crippen LogP contribution in [0.1, 0.15) is 75.2 Å². The van der Waals surface area contributed by atoms with Crippen LogP contribution in [0.4, 0.5) is 0 Å². The molecule has 0 saturated heterocycles. The van der Waals surface area contributed by atoms with Crippen LogP contribution in [-0.2, 0) is 18.6 Å². The summed E-state index contributed by atoms with van der Waals surface area (Å²) in [6, 6.07) is 0. The Morgan fingerprint density at radius 3 is 0.808 bits per heavy atom. The fraction of sp³-hybridized carbons (Fsp3) is 0.636. The van der Waals surface area contributed by atoms with E-state index >= 15 is 0 Å². The van der Waals surface area contributed by atoms with Gasteiger partial charge in [-0.1, -0.05) is 62.3 Å². The van der Waals surface area contributed by atoms with Crippen LogP contribution >= 0.6 is 0 Å². The normalized spacial score (nSPS) is 13.7. The van der Waals surface area contributed by atoms with Gasteiger partial charge in [0.2, 0.25) is 0 Å². The van der Waals surface area contributed by atoms with Crippen molar-refractivity contribution in [2.24, 2.45) is 0 Å². The maximum Gasteiger partial charge on any atom is 0 e. The molecular weight excluding hydrogens is 363 g/mol. The Hall–Kier alpha value is -0.576. The summed E-state index contributed by atoms with van der Waals surface area (Å²) in [7, 11) is 0. The first-order chi connectivity index (χ1) is 11.0. The molecule has 0 unspecified atom stereocenters. The second-order valence-electron chi connectivity index (χ2n) is 8.34. The molecule has 0 amide bonds. The molecule has 26 heavy (non-hydrogen) atoms. The third-order valence-corrected chi connectivity index (χ3v) is 1.17. The van der Waals surface area contributed by atoms with E-state index in [1.165, 1.54) is 0 Å². The van der Waals surface area contributed by atoms with Crippen LogP contribution in [0, 0.1) is 12.2 Å². The molecule has 0 atom stereocenters. The van der Waals surface area contributed by atoms with Crippen molar-refractivity contribution in [3.63, 3.8) is 0 Å². The largest absolute Gasteiger partial charge is 0.850 e. The van der Waals surface area contributed by atoms with Crippen LogP contribution in [0.3, 0.4) is 0 Å². The minimum absolute atomic E-state index is 0. The molecule has 4 heteroatoms. The van der Waals surface area contributed by atoms with Crippen molar-refractivity contribution in [3.8, 4) is 0 Å². The predicted molar refractivity (Wildman–Crippen MR) is 102 cm³/mol. The molecule has 2 rings (SSSR count). The molecule has 0 aromatic rings. The smallest absolute Gasteiger partial charge is 0 e. The zero-order valence-electron chi connectivity index (χ0n) is 18.1. The third-order valence-electron chi connectivity index (χ3n) is 1.17. The molecule has 3 nitrogen and oxygen atoms in total. The van der Waals surface area contributed by atoms with Crippen molar-refractivity contribution in [2.75, 3.05) is 0 Å². The zero-order chi connectivity index (χ0) is 20.6. The van der Waals surface area contributed by atoms with Gasteiger partial charge in [-0.25, -0.2) is 24.3 Å². The second-order valence-corrected chi connectivity index (χ2v) is 8.34. The monoisotopic (exact) mass is 400 g/mol. The van der Waals surface area contributed by atoms with Gasteiger partial charge in [-0.2, -0.15) is 12.2 Å². The Balaban J connectivity index is -0.000000115. The quantitative estimate of drug-likeness (QED) is 0.587. The topological polar surface area (TPSA) is 69.2 Å². The predicted octanol–water partition coefficient (Wildman–Crippen LogP) is 3.04. The summed E-state index contributed by atoms with van der Waals surface area (Å²) >= 11 is 0. The fourth-order valence-corrected chi connectivity index (χ4v) is 0.680. The molecule has 1 radical (unpaired) electrons. The summed E-state index contributed by atoms with van der Waals surface area (Å²) in [5.74, 6) is 0. The van der Waals surface area contributed by atoms with Gasteiger partial charge in [-0.05, 0) is 0 Å². The number of hydrogen-bond donors (Lipinski definition) is 0. The maximum absolute atomic E-state index is 10.1. The summed E-state index contributed by atoms with van der Waals surface area (Å²) in [6.07, 6.45) is 20.0. The van der Waals surface area contributed by atoms with E-state index in [4.69, 9.17) is 0 Å². The number of hydrogen-bond acceptors (Lipinski definition) is 3. The molecule has 0 aromatic heterocycles. The molecule has 0 aromatic carbocycles. The molecule has 153 valence electrons. The van der Waals surface area contributed by atoms with Crippen LogP contribution in [0.15, 0.2) is 36.5 Å². The van der Waals surface area contributed by atoms with E-state index in [2.05, 4.69) is 24.3 Å². The molecule has 0 heterocycles. The SMILES string of the molecule is CC(C)(C)[O-].CC(C)(C)[O-].CC(C)(C)[O-].[C-]1=CC=CC1.[C-]1=CC=CC1.[V]. The van der Waals surface area contributed by atoms with Gasteiger partial charge in [0.15, 0.2) is 0 Å². The van der Waals surface area contributed by atoms with Crippen molar-refractivity contribution in [1.82, 2.24) is 0 Å². The van der Waals surface area contributed by atoms with Gasteiger partial charge in [-0.15, -0.1) is 29.6 Å². The van der Waals surface area contributed by atoms with Gasteiger partial charge in [0.05, 0.1) is 0 Å². The molecule has 0 N–H and O–H groups in total. The number of rotatable bonds is 0. The van der Waals surface area contributed by atoms with Gasteiger partial charge in [0, 0.05) is 18.6 Å². The van der Waals surface area contributed by atoms with Gasteiger partial charge in [0.1, 0.15) is 0 Å². The van der Waals surface area contributed by atoms with Crippen LogP contribution in [0.5, 0.6) is 0 Å². The van der Waals surface area contributed by atoms with Gasteiger partial charge >= 0.3 is 0 Å². The van der Waals surface area contributed by atoms with E-state index in [1.54, 1.807) is 62.3 Å². The summed E-state index contributed by atoms with van der Waals surface area (Å²) in [5.41, 5.74) is -2.25. The van der Waals surface area contributed by atoms with Crippen molar-refractivity contribution in [3.05, 3.63) is 48.6 Å². The van der Waals surface area contributed by atoms with Crippen LogP contribution in [0.25, 0.3) is 0 Å². The Labute approximate surface area is 174 Å². The van der Waals surface area contributed by atoms with Gasteiger partial charge in [0.25, 0.3) is 0 Å². The molecule has 2 aliphatic carbocycles. The Kier molecular flexibility index (Phi) is 22.6. The molecule has 0 aliphatic heterocycles. The summed E-state index contributed by atoms with van der Waals surface area (Å²) in [4.78, 5) is 0. The van der Waals surface area contributed by atoms with Crippen molar-refractivity contribution in [2.45, 2.75) is 92.0 Å². The van der Waals surface area contributed by atoms with Crippen molar-refractivity contribution < 1.29 is 33.9 Å². The third kappa shape index (κ3) is 133. The fourth-order valence-electron chi connectivity index (χ4n) is 0.680. The van der Waals surface area contributed by atoms with E-state index in [1.807, 2.05) is 24.3 Å². The second kappa shape index (κ2) is 17.8. The first-order valence-electron chi connectivity index (χ1n) is 8.55. The van der Waals surface area contributed by atoms with Crippen molar-refractivity contribution in [1.29, 1.82) is 0 Å². The van der Waals surface area contributed by atoms with Crippen LogP contribution in [0.2, 0.25) is 0 Å². The zero-order valence-corrected chi connectivity index (χ0v) is 19.4. The van der Waals surface area contributed by atoms with E-state index in [0.29, 0.717) is 0 Å². The Morgan fingerprint density at radius 2 is 0.769 bits per heavy atom. The molecule has 0 saturated carbocycles. The number of allylic oxidation sites excluding steroid dienone is 8. The first-order valence-corrected chi connectivity index (χ1v) is 8.55. The minimum Gasteiger partial charge on any atom is -0.850 e. The van der Waals surface area contributed by atoms with E-state index in [9.17, 15) is 15.3 Å². The van der Waals surface area contributed by atoms with E-state index in [0.717, 1.165) is 12.8 Å². The van der Waals surface area contributed by atoms with Crippen LogP contribution in [-0.4, -0.2) is 16.8 Å². The summed E-state index contributed by atoms with van der Waals surface area (Å²) in [6.45, 7) is 14.7. The molecule has 0 spiro atoms. The molecule has 0 fully saturated rings. The molecule has 0 bridgehead atoms. The Bertz CT molecular complexity index is 312. The molecule has 2 aliphatic rings. The van der Waals surface area contributed by atoms with Crippen molar-refractivity contribution >= 4 is 0 Å². The van der Waals surface area contributed by atoms with Gasteiger partial charge < -0.3 is 15.3 Å². The average molecular weight is 400 g/mol. The Morgan fingerprint density at radius 1 is 0.577 bits per heavy atom. The summed E-state index contributed by atoms with van der Waals surface area (Å²) < 4.78 is 0. The minimum atomic E-state index is -0.750. The van der Waals surface area contributed by atoms with Crippen LogP contribution < -0.4 is 15.3 Å². The maximum atomic E-state index is 10.1. The van der Waals surface area contributed by atoms with Gasteiger partial charge in [-0.3, -0.25) is 12.2 Å². The molecular formula is C22H37O3V-5. The average Bonchev–Trinajstić information content (AvgIpc) is 3.02. The standard InChI is InChI=1S/2C5H5.3C4H9O.V/c2*1-2-4-5-3-1;3*1-4(2,3)5;/h2*1-3H,4H2;3*1-3H3;/q5*-1;. The summed E-state index contributed by atoms with van der Waals surface area (Å²) in [5, 5.41) is 30.3.